The number of aromatic nitrogens is 1. The van der Waals surface area contributed by atoms with Crippen molar-refractivity contribution in [1.29, 1.82) is 0 Å². The second kappa shape index (κ2) is 14.1. The molecule has 3 aromatic rings. The Morgan fingerprint density at radius 3 is 2.16 bits per heavy atom. The van der Waals surface area contributed by atoms with E-state index in [9.17, 15) is 13.2 Å². The van der Waals surface area contributed by atoms with Crippen LogP contribution in [0.5, 0.6) is 5.75 Å². The number of carbonyl (C=O) groups is 1. The van der Waals surface area contributed by atoms with E-state index in [-0.39, 0.29) is 23.2 Å². The monoisotopic (exact) mass is 568 g/mol. The third kappa shape index (κ3) is 7.42. The van der Waals surface area contributed by atoms with Crippen LogP contribution in [-0.4, -0.2) is 75.4 Å². The van der Waals surface area contributed by atoms with Crippen LogP contribution in [0.1, 0.15) is 44.0 Å². The Morgan fingerprint density at radius 1 is 0.946 bits per heavy atom. The topological polar surface area (TPSA) is 83.1 Å². The molecular weight excluding hydrogens is 532 g/mol. The molecule has 0 unspecified atom stereocenters. The number of likely N-dealkylation sites (N-methyl/N-ethyl adjacent to an activating group) is 1. The zero-order chi connectivity index (χ0) is 26.3. The number of thiazole rings is 1. The first-order valence-corrected chi connectivity index (χ1v) is 14.6. The summed E-state index contributed by atoms with van der Waals surface area (Å²) in [5.74, 6) is 0.465. The van der Waals surface area contributed by atoms with E-state index in [0.717, 1.165) is 23.1 Å². The van der Waals surface area contributed by atoms with Gasteiger partial charge in [0.25, 0.3) is 5.91 Å². The maximum atomic E-state index is 13.6. The van der Waals surface area contributed by atoms with E-state index < -0.39 is 10.0 Å². The number of nitrogens with zero attached hydrogens (tertiary/aromatic N) is 4. The Bertz CT molecular complexity index is 1260. The standard InChI is InChI=1S/C26H36N4O4S2.ClH/c1-6-16-29(17-7-2)36(32,33)21-14-12-20(13-15-21)25(31)30(19-18-28(4)5)26-27-24-22(34-8-3)10-9-11-23(24)35-26;/h9-15H,6-8,16-19H2,1-5H3;1H. The van der Waals surface area contributed by atoms with Gasteiger partial charge in [0.15, 0.2) is 5.13 Å². The molecule has 0 fully saturated rings. The molecule has 204 valence electrons. The van der Waals surface area contributed by atoms with E-state index in [1.165, 1.54) is 27.8 Å². The lowest BCUT2D eigenvalue weighted by Gasteiger charge is -2.23. The number of ether oxygens (including phenoxy) is 1. The number of anilines is 1. The summed E-state index contributed by atoms with van der Waals surface area (Å²) in [6.45, 7) is 8.40. The van der Waals surface area contributed by atoms with Gasteiger partial charge < -0.3 is 9.64 Å². The summed E-state index contributed by atoms with van der Waals surface area (Å²) in [6, 6.07) is 12.0. The van der Waals surface area contributed by atoms with E-state index in [4.69, 9.17) is 9.72 Å². The average molecular weight is 569 g/mol. The van der Waals surface area contributed by atoms with Crippen molar-refractivity contribution in [3.8, 4) is 5.75 Å². The SMILES string of the molecule is CCCN(CCC)S(=O)(=O)c1ccc(C(=O)N(CCN(C)C)c2nc3c(OCC)cccc3s2)cc1.Cl. The molecule has 0 aliphatic rings. The van der Waals surface area contributed by atoms with E-state index in [0.29, 0.717) is 49.2 Å². The molecule has 1 aromatic heterocycles. The quantitative estimate of drug-likeness (QED) is 0.284. The van der Waals surface area contributed by atoms with Gasteiger partial charge in [0, 0.05) is 31.7 Å². The predicted molar refractivity (Wildman–Crippen MR) is 154 cm³/mol. The molecular formula is C26H37ClN4O4S2. The highest BCUT2D eigenvalue weighted by Gasteiger charge is 2.25. The Morgan fingerprint density at radius 2 is 1.59 bits per heavy atom. The molecule has 8 nitrogen and oxygen atoms in total. The predicted octanol–water partition coefficient (Wildman–Crippen LogP) is 5.14. The van der Waals surface area contributed by atoms with E-state index in [1.807, 2.05) is 58.0 Å². The Labute approximate surface area is 230 Å². The Balaban J connectivity index is 0.00000481. The first-order valence-electron chi connectivity index (χ1n) is 12.3. The zero-order valence-corrected chi connectivity index (χ0v) is 24.6. The second-order valence-corrected chi connectivity index (χ2v) is 11.7. The number of hydrogen-bond donors (Lipinski definition) is 0. The van der Waals surface area contributed by atoms with Gasteiger partial charge in [0.1, 0.15) is 11.3 Å². The minimum absolute atomic E-state index is 0. The highest BCUT2D eigenvalue weighted by molar-refractivity contribution is 7.89. The summed E-state index contributed by atoms with van der Waals surface area (Å²) in [5.41, 5.74) is 1.14. The highest BCUT2D eigenvalue weighted by atomic mass is 35.5. The average Bonchev–Trinajstić information content (AvgIpc) is 3.29. The molecule has 3 rings (SSSR count). The van der Waals surface area contributed by atoms with Gasteiger partial charge in [0.05, 0.1) is 16.2 Å². The highest BCUT2D eigenvalue weighted by Crippen LogP contribution is 2.35. The molecule has 0 saturated heterocycles. The fraction of sp³-hybridized carbons (Fsp3) is 0.462. The van der Waals surface area contributed by atoms with Crippen LogP contribution >= 0.6 is 23.7 Å². The Kier molecular flexibility index (Phi) is 11.8. The fourth-order valence-corrected chi connectivity index (χ4v) is 6.44. The summed E-state index contributed by atoms with van der Waals surface area (Å²) >= 11 is 1.44. The molecule has 0 saturated carbocycles. The van der Waals surface area contributed by atoms with Gasteiger partial charge in [-0.2, -0.15) is 4.31 Å². The van der Waals surface area contributed by atoms with Crippen molar-refractivity contribution >= 4 is 55.0 Å². The molecule has 0 N–H and O–H groups in total. The van der Waals surface area contributed by atoms with Crippen LogP contribution in [0, 0.1) is 0 Å². The lowest BCUT2D eigenvalue weighted by atomic mass is 10.2. The van der Waals surface area contributed by atoms with Crippen LogP contribution in [0.4, 0.5) is 5.13 Å². The van der Waals surface area contributed by atoms with Crippen LogP contribution in [-0.2, 0) is 10.0 Å². The maximum Gasteiger partial charge on any atom is 0.260 e. The van der Waals surface area contributed by atoms with Crippen LogP contribution < -0.4 is 9.64 Å². The molecule has 0 aliphatic carbocycles. The van der Waals surface area contributed by atoms with Crippen LogP contribution in [0.25, 0.3) is 10.2 Å². The van der Waals surface area contributed by atoms with Gasteiger partial charge in [-0.05, 0) is 70.3 Å². The van der Waals surface area contributed by atoms with Gasteiger partial charge in [0.2, 0.25) is 10.0 Å². The number of hydrogen-bond acceptors (Lipinski definition) is 7. The molecule has 1 heterocycles. The number of benzene rings is 2. The van der Waals surface area contributed by atoms with Gasteiger partial charge in [-0.15, -0.1) is 12.4 Å². The molecule has 2 aromatic carbocycles. The third-order valence-corrected chi connectivity index (χ3v) is 8.56. The zero-order valence-electron chi connectivity index (χ0n) is 22.1. The first kappa shape index (κ1) is 31.0. The van der Waals surface area contributed by atoms with Gasteiger partial charge in [-0.3, -0.25) is 9.69 Å². The summed E-state index contributed by atoms with van der Waals surface area (Å²) in [7, 11) is 0.289. The molecule has 37 heavy (non-hydrogen) atoms. The molecule has 0 radical (unpaired) electrons. The second-order valence-electron chi connectivity index (χ2n) is 8.72. The number of halogens is 1. The number of para-hydroxylation sites is 1. The largest absolute Gasteiger partial charge is 0.492 e. The summed E-state index contributed by atoms with van der Waals surface area (Å²) in [5, 5.41) is 0.581. The van der Waals surface area contributed by atoms with Crippen LogP contribution in [0.2, 0.25) is 0 Å². The van der Waals surface area contributed by atoms with Crippen molar-refractivity contribution < 1.29 is 17.9 Å². The van der Waals surface area contributed by atoms with Crippen molar-refractivity contribution in [2.75, 3.05) is 51.8 Å². The molecule has 0 aliphatic heterocycles. The van der Waals surface area contributed by atoms with E-state index in [2.05, 4.69) is 0 Å². The molecule has 11 heteroatoms. The van der Waals surface area contributed by atoms with Crippen LogP contribution in [0.15, 0.2) is 47.4 Å². The van der Waals surface area contributed by atoms with Gasteiger partial charge in [-0.1, -0.05) is 31.3 Å². The molecule has 0 atom stereocenters. The number of sulfonamides is 1. The van der Waals surface area contributed by atoms with Crippen molar-refractivity contribution in [2.24, 2.45) is 0 Å². The summed E-state index contributed by atoms with van der Waals surface area (Å²) in [4.78, 5) is 22.2. The maximum absolute atomic E-state index is 13.6. The molecule has 1 amide bonds. The number of amides is 1. The van der Waals surface area contributed by atoms with E-state index in [1.54, 1.807) is 17.0 Å². The number of fused-ring (bicyclic) bond motifs is 1. The van der Waals surface area contributed by atoms with Gasteiger partial charge >= 0.3 is 0 Å². The number of carbonyl (C=O) groups excluding carboxylic acids is 1. The smallest absolute Gasteiger partial charge is 0.260 e. The first-order chi connectivity index (χ1) is 17.2. The van der Waals surface area contributed by atoms with Crippen molar-refractivity contribution in [3.05, 3.63) is 48.0 Å². The Hall–Kier alpha value is -2.24. The fourth-order valence-electron chi connectivity index (χ4n) is 3.81. The normalized spacial score (nSPS) is 11.6. The van der Waals surface area contributed by atoms with Crippen molar-refractivity contribution in [2.45, 2.75) is 38.5 Å². The molecule has 0 bridgehead atoms. The van der Waals surface area contributed by atoms with E-state index >= 15 is 0 Å². The number of rotatable bonds is 13. The summed E-state index contributed by atoms with van der Waals surface area (Å²) in [6.07, 6.45) is 1.48. The molecule has 0 spiro atoms. The minimum Gasteiger partial charge on any atom is -0.492 e. The van der Waals surface area contributed by atoms with Gasteiger partial charge in [-0.25, -0.2) is 13.4 Å². The van der Waals surface area contributed by atoms with Crippen molar-refractivity contribution in [1.82, 2.24) is 14.2 Å². The summed E-state index contributed by atoms with van der Waals surface area (Å²) < 4.78 is 34.4. The third-order valence-electron chi connectivity index (χ3n) is 5.60. The van der Waals surface area contributed by atoms with Crippen LogP contribution in [0.3, 0.4) is 0 Å². The van der Waals surface area contributed by atoms with Crippen molar-refractivity contribution in [3.63, 3.8) is 0 Å². The minimum atomic E-state index is -3.61. The lowest BCUT2D eigenvalue weighted by molar-refractivity contribution is 0.0985. The lowest BCUT2D eigenvalue weighted by Crippen LogP contribution is -2.36.